The van der Waals surface area contributed by atoms with Gasteiger partial charge in [-0.1, -0.05) is 0 Å². The summed E-state index contributed by atoms with van der Waals surface area (Å²) in [6.45, 7) is -0.270. The number of nitrogens with one attached hydrogen (secondary N) is 1. The molecule has 0 aromatic heterocycles. The zero-order chi connectivity index (χ0) is 12.6. The van der Waals surface area contributed by atoms with Crippen molar-refractivity contribution in [1.82, 2.24) is 5.32 Å². The van der Waals surface area contributed by atoms with Crippen LogP contribution in [-0.2, 0) is 4.79 Å². The van der Waals surface area contributed by atoms with Gasteiger partial charge in [0.05, 0.1) is 10.6 Å². The van der Waals surface area contributed by atoms with Gasteiger partial charge in [-0.3, -0.25) is 25.1 Å². The van der Waals surface area contributed by atoms with Gasteiger partial charge in [-0.15, -0.1) is 0 Å². The first-order chi connectivity index (χ1) is 7.99. The van der Waals surface area contributed by atoms with Crippen LogP contribution >= 0.6 is 0 Å². The first-order valence-electron chi connectivity index (χ1n) is 4.58. The molecule has 0 radical (unpaired) electrons. The number of carbonyl (C=O) groups is 2. The number of amides is 3. The summed E-state index contributed by atoms with van der Waals surface area (Å²) in [5.41, 5.74) is -0.340. The van der Waals surface area contributed by atoms with Crippen LogP contribution in [0.3, 0.4) is 0 Å². The van der Waals surface area contributed by atoms with Crippen LogP contribution in [0.25, 0.3) is 0 Å². The minimum absolute atomic E-state index is 0.0671. The number of hydrogen-bond acceptors (Lipinski definition) is 5. The van der Waals surface area contributed by atoms with Crippen molar-refractivity contribution < 1.29 is 19.6 Å². The van der Waals surface area contributed by atoms with Gasteiger partial charge in [-0.2, -0.15) is 0 Å². The molecule has 1 fully saturated rings. The zero-order valence-corrected chi connectivity index (χ0v) is 8.41. The molecule has 0 saturated carbocycles. The molecule has 0 bridgehead atoms. The predicted molar refractivity (Wildman–Crippen MR) is 55.6 cm³/mol. The van der Waals surface area contributed by atoms with Crippen molar-refractivity contribution in [3.8, 4) is 5.75 Å². The van der Waals surface area contributed by atoms with Gasteiger partial charge in [-0.05, 0) is 6.07 Å². The highest BCUT2D eigenvalue weighted by molar-refractivity contribution is 6.12. The molecule has 1 aliphatic rings. The first kappa shape index (κ1) is 10.9. The number of non-ortho nitro benzene ring substituents is 1. The van der Waals surface area contributed by atoms with Crippen LogP contribution in [0.1, 0.15) is 0 Å². The van der Waals surface area contributed by atoms with Gasteiger partial charge >= 0.3 is 6.03 Å². The number of anilines is 1. The number of aromatic hydroxyl groups is 1. The highest BCUT2D eigenvalue weighted by atomic mass is 16.6. The van der Waals surface area contributed by atoms with Gasteiger partial charge in [0.1, 0.15) is 12.3 Å². The smallest absolute Gasteiger partial charge is 0.329 e. The normalized spacial score (nSPS) is 14.9. The van der Waals surface area contributed by atoms with Crippen LogP contribution in [0.5, 0.6) is 5.75 Å². The fourth-order valence-corrected chi connectivity index (χ4v) is 1.48. The Bertz CT molecular complexity index is 527. The second-order valence-electron chi connectivity index (χ2n) is 3.37. The maximum Gasteiger partial charge on any atom is 0.329 e. The highest BCUT2D eigenvalue weighted by Gasteiger charge is 2.30. The van der Waals surface area contributed by atoms with Crippen molar-refractivity contribution in [2.45, 2.75) is 0 Å². The van der Waals surface area contributed by atoms with Gasteiger partial charge in [0, 0.05) is 12.1 Å². The number of phenolic OH excluding ortho intramolecular Hbond substituents is 1. The van der Waals surface area contributed by atoms with E-state index in [2.05, 4.69) is 0 Å². The summed E-state index contributed by atoms with van der Waals surface area (Å²) in [6.07, 6.45) is 0. The molecule has 1 saturated heterocycles. The number of nitro benzene ring substituents is 1. The topological polar surface area (TPSA) is 113 Å². The minimum atomic E-state index is -0.717. The largest absolute Gasteiger partial charge is 0.506 e. The lowest BCUT2D eigenvalue weighted by molar-refractivity contribution is -0.384. The second-order valence-corrected chi connectivity index (χ2v) is 3.37. The summed E-state index contributed by atoms with van der Waals surface area (Å²) in [5, 5.41) is 22.1. The van der Waals surface area contributed by atoms with Crippen molar-refractivity contribution in [1.29, 1.82) is 0 Å². The summed E-state index contributed by atoms with van der Waals surface area (Å²) in [4.78, 5) is 33.2. The van der Waals surface area contributed by atoms with Gasteiger partial charge in [-0.25, -0.2) is 4.79 Å². The molecule has 3 amide bonds. The minimum Gasteiger partial charge on any atom is -0.506 e. The fraction of sp³-hybridized carbons (Fsp3) is 0.111. The molecule has 0 atom stereocenters. The molecule has 17 heavy (non-hydrogen) atoms. The molecule has 1 aliphatic heterocycles. The van der Waals surface area contributed by atoms with Crippen molar-refractivity contribution in [2.75, 3.05) is 11.4 Å². The Labute approximate surface area is 94.6 Å². The molecule has 8 heteroatoms. The van der Waals surface area contributed by atoms with E-state index >= 15 is 0 Å². The van der Waals surface area contributed by atoms with Crippen LogP contribution in [0, 0.1) is 10.1 Å². The number of nitro groups is 1. The van der Waals surface area contributed by atoms with E-state index in [4.69, 9.17) is 0 Å². The third-order valence-corrected chi connectivity index (χ3v) is 2.25. The van der Waals surface area contributed by atoms with E-state index < -0.39 is 16.9 Å². The average Bonchev–Trinajstić information content (AvgIpc) is 2.58. The van der Waals surface area contributed by atoms with E-state index in [0.717, 1.165) is 23.1 Å². The number of urea groups is 1. The third kappa shape index (κ3) is 1.87. The maximum atomic E-state index is 11.3. The van der Waals surface area contributed by atoms with Crippen LogP contribution < -0.4 is 10.2 Å². The van der Waals surface area contributed by atoms with E-state index in [-0.39, 0.29) is 23.7 Å². The average molecular weight is 237 g/mol. The van der Waals surface area contributed by atoms with E-state index in [1.807, 2.05) is 5.32 Å². The maximum absolute atomic E-state index is 11.3. The summed E-state index contributed by atoms with van der Waals surface area (Å²) in [5.74, 6) is -0.832. The van der Waals surface area contributed by atoms with Crippen molar-refractivity contribution in [3.63, 3.8) is 0 Å². The molecule has 2 rings (SSSR count). The summed E-state index contributed by atoms with van der Waals surface area (Å²) >= 11 is 0. The molecular weight excluding hydrogens is 230 g/mol. The molecule has 88 valence electrons. The summed E-state index contributed by atoms with van der Waals surface area (Å²) in [7, 11) is 0. The number of rotatable bonds is 2. The number of benzene rings is 1. The molecule has 0 unspecified atom stereocenters. The lowest BCUT2D eigenvalue weighted by Gasteiger charge is -2.14. The zero-order valence-electron chi connectivity index (χ0n) is 8.41. The quantitative estimate of drug-likeness (QED) is 0.438. The Morgan fingerprint density at radius 1 is 1.41 bits per heavy atom. The van der Waals surface area contributed by atoms with Gasteiger partial charge in [0.15, 0.2) is 0 Å². The number of imide groups is 1. The molecule has 1 heterocycles. The van der Waals surface area contributed by atoms with E-state index in [1.54, 1.807) is 0 Å². The van der Waals surface area contributed by atoms with E-state index in [0.29, 0.717) is 0 Å². The Balaban J connectivity index is 2.44. The monoisotopic (exact) mass is 237 g/mol. The third-order valence-electron chi connectivity index (χ3n) is 2.25. The van der Waals surface area contributed by atoms with E-state index in [1.165, 1.54) is 0 Å². The van der Waals surface area contributed by atoms with Crippen molar-refractivity contribution >= 4 is 23.3 Å². The predicted octanol–water partition coefficient (Wildman–Crippen LogP) is 0.357. The van der Waals surface area contributed by atoms with Crippen LogP contribution in [0.4, 0.5) is 16.2 Å². The Hall–Kier alpha value is -2.64. The van der Waals surface area contributed by atoms with Gasteiger partial charge < -0.3 is 5.11 Å². The Kier molecular flexibility index (Phi) is 2.39. The molecule has 2 N–H and O–H groups in total. The lowest BCUT2D eigenvalue weighted by Crippen LogP contribution is -2.27. The standard InChI is InChI=1S/C9H7N3O5/c13-7-2-1-5(12(16)17)3-6(7)11-4-8(14)10-9(11)15/h1-3,13H,4H2,(H,10,14,15). The molecule has 0 spiro atoms. The Morgan fingerprint density at radius 3 is 2.65 bits per heavy atom. The molecule has 1 aromatic carbocycles. The van der Waals surface area contributed by atoms with Crippen LogP contribution in [-0.4, -0.2) is 28.5 Å². The van der Waals surface area contributed by atoms with Crippen molar-refractivity contribution in [3.05, 3.63) is 28.3 Å². The number of phenols is 1. The van der Waals surface area contributed by atoms with E-state index in [9.17, 15) is 24.8 Å². The number of carbonyl (C=O) groups excluding carboxylic acids is 2. The van der Waals surface area contributed by atoms with Crippen LogP contribution in [0.15, 0.2) is 18.2 Å². The SMILES string of the molecule is O=C1CN(c2cc([N+](=O)[O-])ccc2O)C(=O)N1. The number of hydrogen-bond donors (Lipinski definition) is 2. The summed E-state index contributed by atoms with van der Waals surface area (Å²) in [6, 6.07) is 2.52. The fourth-order valence-electron chi connectivity index (χ4n) is 1.48. The van der Waals surface area contributed by atoms with Gasteiger partial charge in [0.2, 0.25) is 5.91 Å². The van der Waals surface area contributed by atoms with Gasteiger partial charge in [0.25, 0.3) is 5.69 Å². The van der Waals surface area contributed by atoms with Crippen molar-refractivity contribution in [2.24, 2.45) is 0 Å². The molecule has 1 aromatic rings. The summed E-state index contributed by atoms with van der Waals surface area (Å²) < 4.78 is 0. The highest BCUT2D eigenvalue weighted by Crippen LogP contribution is 2.32. The molecule has 0 aliphatic carbocycles. The second kappa shape index (κ2) is 3.74. The molecule has 8 nitrogen and oxygen atoms in total. The first-order valence-corrected chi connectivity index (χ1v) is 4.58. The molecular formula is C9H7N3O5. The van der Waals surface area contributed by atoms with Crippen LogP contribution in [0.2, 0.25) is 0 Å². The lowest BCUT2D eigenvalue weighted by atomic mass is 10.2. The Morgan fingerprint density at radius 2 is 2.12 bits per heavy atom. The number of nitrogens with zero attached hydrogens (tertiary/aromatic N) is 2.